The van der Waals surface area contributed by atoms with Crippen LogP contribution in [0.1, 0.15) is 41.0 Å². The predicted octanol–water partition coefficient (Wildman–Crippen LogP) is 2.80. The van der Waals surface area contributed by atoms with Crippen molar-refractivity contribution in [1.82, 2.24) is 24.1 Å². The summed E-state index contributed by atoms with van der Waals surface area (Å²) in [7, 11) is -2.05. The number of halogens is 1. The van der Waals surface area contributed by atoms with Crippen molar-refractivity contribution in [3.63, 3.8) is 0 Å². The van der Waals surface area contributed by atoms with Gasteiger partial charge in [-0.05, 0) is 42.5 Å². The van der Waals surface area contributed by atoms with Crippen molar-refractivity contribution >= 4 is 27.4 Å². The van der Waals surface area contributed by atoms with E-state index in [2.05, 4.69) is 26.6 Å². The Hall–Kier alpha value is -4.31. The van der Waals surface area contributed by atoms with Gasteiger partial charge in [0.2, 0.25) is 5.95 Å². The summed E-state index contributed by atoms with van der Waals surface area (Å²) in [4.78, 5) is 17.2. The zero-order valence-electron chi connectivity index (χ0n) is 19.9. The van der Waals surface area contributed by atoms with E-state index in [0.717, 1.165) is 34.4 Å². The molecular weight excluding hydrogens is 501 g/mol. The summed E-state index contributed by atoms with van der Waals surface area (Å²) in [6, 6.07) is 10.7. The average molecular weight is 524 g/mol. The molecule has 13 heteroatoms. The molecule has 1 saturated carbocycles. The second-order valence-electron chi connectivity index (χ2n) is 9.17. The molecule has 1 aliphatic rings. The standard InChI is InChI=1S/C24H22FN7O4S/c1-31-14-28-30-23(31)24(10-15(11-24)6-7-26)16-4-3-5-17(8-16)29-22(33)19-9-18(36-37(2,34)35)13-32-20(25)12-27-21(19)32/h3-5,8-9,12-15H,6,10-11H2,1-2H3,(H,29,33). The molecule has 0 saturated heterocycles. The molecule has 1 aromatic carbocycles. The van der Waals surface area contributed by atoms with Crippen LogP contribution >= 0.6 is 0 Å². The van der Waals surface area contributed by atoms with Gasteiger partial charge in [-0.25, -0.2) is 4.98 Å². The number of hydrogen-bond donors (Lipinski definition) is 1. The molecular formula is C24H22FN7O4S. The van der Waals surface area contributed by atoms with Gasteiger partial charge in [-0.15, -0.1) is 10.2 Å². The minimum atomic E-state index is -3.92. The summed E-state index contributed by atoms with van der Waals surface area (Å²) in [6.45, 7) is 0. The monoisotopic (exact) mass is 523 g/mol. The molecule has 0 bridgehead atoms. The van der Waals surface area contributed by atoms with Crippen LogP contribution < -0.4 is 9.50 Å². The summed E-state index contributed by atoms with van der Waals surface area (Å²) in [5.41, 5.74) is 0.835. The van der Waals surface area contributed by atoms with Gasteiger partial charge < -0.3 is 14.1 Å². The van der Waals surface area contributed by atoms with Crippen molar-refractivity contribution in [3.8, 4) is 11.8 Å². The zero-order chi connectivity index (χ0) is 26.4. The van der Waals surface area contributed by atoms with E-state index in [4.69, 9.17) is 9.44 Å². The first-order chi connectivity index (χ1) is 17.6. The summed E-state index contributed by atoms with van der Waals surface area (Å²) < 4.78 is 45.1. The van der Waals surface area contributed by atoms with Crippen LogP contribution in [0.4, 0.5) is 10.1 Å². The summed E-state index contributed by atoms with van der Waals surface area (Å²) >= 11 is 0. The lowest BCUT2D eigenvalue weighted by Crippen LogP contribution is -2.44. The van der Waals surface area contributed by atoms with Gasteiger partial charge in [-0.3, -0.25) is 9.20 Å². The van der Waals surface area contributed by atoms with Crippen LogP contribution in [-0.4, -0.2) is 44.7 Å². The van der Waals surface area contributed by atoms with Crippen molar-refractivity contribution in [2.45, 2.75) is 24.7 Å². The van der Waals surface area contributed by atoms with Crippen molar-refractivity contribution in [3.05, 3.63) is 72.0 Å². The summed E-state index contributed by atoms with van der Waals surface area (Å²) in [5, 5.41) is 20.3. The maximum Gasteiger partial charge on any atom is 0.306 e. The summed E-state index contributed by atoms with van der Waals surface area (Å²) in [5.74, 6) is -0.653. The first-order valence-corrected chi connectivity index (χ1v) is 13.1. The largest absolute Gasteiger partial charge is 0.381 e. The van der Waals surface area contributed by atoms with E-state index in [0.29, 0.717) is 24.9 Å². The van der Waals surface area contributed by atoms with Crippen LogP contribution in [0.3, 0.4) is 0 Å². The number of carbonyl (C=O) groups excluding carboxylic acids is 1. The molecule has 3 heterocycles. The maximum absolute atomic E-state index is 14.2. The second kappa shape index (κ2) is 8.97. The van der Waals surface area contributed by atoms with Gasteiger partial charge >= 0.3 is 10.1 Å². The van der Waals surface area contributed by atoms with Gasteiger partial charge in [0.15, 0.2) is 11.4 Å². The number of carbonyl (C=O) groups is 1. The van der Waals surface area contributed by atoms with Gasteiger partial charge in [0.1, 0.15) is 12.2 Å². The molecule has 11 nitrogen and oxygen atoms in total. The van der Waals surface area contributed by atoms with E-state index in [-0.39, 0.29) is 22.9 Å². The maximum atomic E-state index is 14.2. The number of aromatic nitrogens is 5. The number of imidazole rings is 1. The third-order valence-electron chi connectivity index (χ3n) is 6.49. The van der Waals surface area contributed by atoms with E-state index >= 15 is 0 Å². The van der Waals surface area contributed by atoms with Crippen molar-refractivity contribution < 1.29 is 21.8 Å². The molecule has 1 amide bonds. The Balaban J connectivity index is 1.49. The fraction of sp³-hybridized carbons (Fsp3) is 0.292. The average Bonchev–Trinajstić information content (AvgIpc) is 3.40. The Labute approximate surface area is 211 Å². The number of nitriles is 1. The molecule has 1 fully saturated rings. The number of aryl methyl sites for hydroxylation is 1. The Morgan fingerprint density at radius 1 is 1.35 bits per heavy atom. The third kappa shape index (κ3) is 4.51. The molecule has 1 N–H and O–H groups in total. The Morgan fingerprint density at radius 2 is 2.14 bits per heavy atom. The Kier molecular flexibility index (Phi) is 5.91. The quantitative estimate of drug-likeness (QED) is 0.364. The number of nitrogens with zero attached hydrogens (tertiary/aromatic N) is 6. The van der Waals surface area contributed by atoms with Crippen LogP contribution in [0.15, 0.2) is 49.1 Å². The van der Waals surface area contributed by atoms with Crippen LogP contribution in [0, 0.1) is 23.2 Å². The first-order valence-electron chi connectivity index (χ1n) is 11.3. The minimum Gasteiger partial charge on any atom is -0.381 e. The van der Waals surface area contributed by atoms with Gasteiger partial charge in [0, 0.05) is 19.2 Å². The Morgan fingerprint density at radius 3 is 2.81 bits per heavy atom. The number of nitrogens with one attached hydrogen (secondary N) is 1. The Bertz CT molecular complexity index is 1670. The minimum absolute atomic E-state index is 0.000832. The van der Waals surface area contributed by atoms with Crippen molar-refractivity contribution in [2.75, 3.05) is 11.6 Å². The van der Waals surface area contributed by atoms with E-state index < -0.39 is 27.4 Å². The van der Waals surface area contributed by atoms with E-state index in [9.17, 15) is 17.6 Å². The molecule has 37 heavy (non-hydrogen) atoms. The molecule has 190 valence electrons. The van der Waals surface area contributed by atoms with Crippen molar-refractivity contribution in [2.24, 2.45) is 13.0 Å². The number of benzene rings is 1. The van der Waals surface area contributed by atoms with Crippen LogP contribution in [-0.2, 0) is 22.6 Å². The number of anilines is 1. The molecule has 0 unspecified atom stereocenters. The van der Waals surface area contributed by atoms with Gasteiger partial charge in [-0.1, -0.05) is 12.1 Å². The smallest absolute Gasteiger partial charge is 0.306 e. The van der Waals surface area contributed by atoms with Gasteiger partial charge in [0.05, 0.1) is 35.7 Å². The van der Waals surface area contributed by atoms with Gasteiger partial charge in [0.25, 0.3) is 5.91 Å². The highest BCUT2D eigenvalue weighted by Crippen LogP contribution is 2.53. The fourth-order valence-electron chi connectivity index (χ4n) is 4.98. The van der Waals surface area contributed by atoms with Crippen molar-refractivity contribution in [1.29, 1.82) is 5.26 Å². The lowest BCUT2D eigenvalue weighted by atomic mass is 9.57. The number of hydrogen-bond acceptors (Lipinski definition) is 8. The lowest BCUT2D eigenvalue weighted by Gasteiger charge is -2.46. The summed E-state index contributed by atoms with van der Waals surface area (Å²) in [6.07, 6.45) is 6.37. The normalized spacial score (nSPS) is 19.2. The molecule has 1 aliphatic carbocycles. The second-order valence-corrected chi connectivity index (χ2v) is 10.7. The van der Waals surface area contributed by atoms with Crippen LogP contribution in [0.5, 0.6) is 5.75 Å². The fourth-order valence-corrected chi connectivity index (χ4v) is 5.42. The SMILES string of the molecule is Cn1cnnc1C1(c2cccc(NC(=O)c3cc(OS(C)(=O)=O)cn4c(F)cnc34)c2)CC(CC#N)C1. The molecule has 3 aromatic heterocycles. The van der Waals surface area contributed by atoms with E-state index in [1.54, 1.807) is 18.5 Å². The first kappa shape index (κ1) is 24.4. The third-order valence-corrected chi connectivity index (χ3v) is 6.99. The highest BCUT2D eigenvalue weighted by atomic mass is 32.2. The molecule has 5 rings (SSSR count). The molecule has 0 spiro atoms. The number of amides is 1. The zero-order valence-corrected chi connectivity index (χ0v) is 20.7. The molecule has 4 aromatic rings. The highest BCUT2D eigenvalue weighted by molar-refractivity contribution is 7.86. The predicted molar refractivity (Wildman–Crippen MR) is 130 cm³/mol. The molecule has 0 radical (unpaired) electrons. The lowest BCUT2D eigenvalue weighted by molar-refractivity contribution is 0.102. The van der Waals surface area contributed by atoms with Crippen LogP contribution in [0.25, 0.3) is 5.65 Å². The topological polar surface area (TPSA) is 144 Å². The molecule has 0 atom stereocenters. The number of rotatable bonds is 7. The van der Waals surface area contributed by atoms with Crippen LogP contribution in [0.2, 0.25) is 0 Å². The number of fused-ring (bicyclic) bond motifs is 1. The van der Waals surface area contributed by atoms with E-state index in [1.165, 1.54) is 6.07 Å². The number of pyridine rings is 1. The van der Waals surface area contributed by atoms with E-state index in [1.807, 2.05) is 23.7 Å². The molecule has 0 aliphatic heterocycles. The van der Waals surface area contributed by atoms with Gasteiger partial charge in [-0.2, -0.15) is 18.1 Å². The highest BCUT2D eigenvalue weighted by Gasteiger charge is 2.49.